The molecule has 2 aromatic rings. The Morgan fingerprint density at radius 2 is 2.18 bits per heavy atom. The Bertz CT molecular complexity index is 488. The predicted molar refractivity (Wildman–Crippen MR) is 71.4 cm³/mol. The number of benzene rings is 1. The fraction of sp³-hybridized carbons (Fsp3) is 0.429. The van der Waals surface area contributed by atoms with Crippen LogP contribution in [0.5, 0.6) is 5.75 Å². The Kier molecular flexibility index (Phi) is 3.69. The Morgan fingerprint density at radius 3 is 2.88 bits per heavy atom. The summed E-state index contributed by atoms with van der Waals surface area (Å²) in [6, 6.07) is 8.26. The number of H-pyrrole nitrogens is 1. The molecule has 0 fully saturated rings. The van der Waals surface area contributed by atoms with Gasteiger partial charge in [0.1, 0.15) is 5.75 Å². The van der Waals surface area contributed by atoms with Gasteiger partial charge >= 0.3 is 0 Å². The van der Waals surface area contributed by atoms with Crippen molar-refractivity contribution in [1.29, 1.82) is 0 Å². The lowest BCUT2D eigenvalue weighted by molar-refractivity contribution is 0.419. The van der Waals surface area contributed by atoms with E-state index < -0.39 is 0 Å². The van der Waals surface area contributed by atoms with Crippen LogP contribution in [0, 0.1) is 5.92 Å². The zero-order valence-electron chi connectivity index (χ0n) is 10.7. The van der Waals surface area contributed by atoms with Gasteiger partial charge in [-0.15, -0.1) is 0 Å². The summed E-state index contributed by atoms with van der Waals surface area (Å²) in [5.41, 5.74) is 2.28. The molecule has 0 aliphatic heterocycles. The second-order valence-corrected chi connectivity index (χ2v) is 4.74. The number of fused-ring (bicyclic) bond motifs is 1. The van der Waals surface area contributed by atoms with Gasteiger partial charge in [0.05, 0.1) is 12.6 Å². The van der Waals surface area contributed by atoms with Crippen LogP contribution in [0.2, 0.25) is 0 Å². The molecule has 3 heteroatoms. The third-order valence-corrected chi connectivity index (χ3v) is 2.76. The van der Waals surface area contributed by atoms with Crippen molar-refractivity contribution in [3.05, 3.63) is 30.0 Å². The SMILES string of the molecule is COc1cccc2cc(CNCC(C)C)[nH]c12. The van der Waals surface area contributed by atoms with Crippen LogP contribution in [0.1, 0.15) is 19.5 Å². The molecule has 0 unspecified atom stereocenters. The number of ether oxygens (including phenoxy) is 1. The summed E-state index contributed by atoms with van der Waals surface area (Å²) in [5, 5.41) is 4.63. The number of hydrogen-bond donors (Lipinski definition) is 2. The van der Waals surface area contributed by atoms with Crippen LogP contribution in [0.25, 0.3) is 10.9 Å². The van der Waals surface area contributed by atoms with Crippen LogP contribution >= 0.6 is 0 Å². The first-order valence-electron chi connectivity index (χ1n) is 6.06. The van der Waals surface area contributed by atoms with Crippen LogP contribution in [0.4, 0.5) is 0 Å². The lowest BCUT2D eigenvalue weighted by Crippen LogP contribution is -2.19. The fourth-order valence-corrected chi connectivity index (χ4v) is 1.95. The van der Waals surface area contributed by atoms with Gasteiger partial charge in [-0.05, 0) is 24.6 Å². The maximum absolute atomic E-state index is 5.33. The van der Waals surface area contributed by atoms with Gasteiger partial charge in [-0.1, -0.05) is 26.0 Å². The smallest absolute Gasteiger partial charge is 0.142 e. The Morgan fingerprint density at radius 1 is 1.35 bits per heavy atom. The summed E-state index contributed by atoms with van der Waals surface area (Å²) < 4.78 is 5.33. The average Bonchev–Trinajstić information content (AvgIpc) is 2.70. The predicted octanol–water partition coefficient (Wildman–Crippen LogP) is 2.92. The topological polar surface area (TPSA) is 37.0 Å². The van der Waals surface area contributed by atoms with Gasteiger partial charge in [-0.3, -0.25) is 0 Å². The Labute approximate surface area is 102 Å². The highest BCUT2D eigenvalue weighted by Crippen LogP contribution is 2.25. The molecule has 0 atom stereocenters. The quantitative estimate of drug-likeness (QED) is 0.831. The summed E-state index contributed by atoms with van der Waals surface area (Å²) in [5.74, 6) is 1.58. The molecule has 0 saturated heterocycles. The summed E-state index contributed by atoms with van der Waals surface area (Å²) >= 11 is 0. The van der Waals surface area contributed by atoms with Gasteiger partial charge in [0.2, 0.25) is 0 Å². The zero-order valence-corrected chi connectivity index (χ0v) is 10.7. The minimum absolute atomic E-state index is 0.675. The second kappa shape index (κ2) is 5.23. The molecule has 1 aromatic heterocycles. The molecule has 0 radical (unpaired) electrons. The molecule has 0 bridgehead atoms. The summed E-state index contributed by atoms with van der Waals surface area (Å²) in [4.78, 5) is 3.40. The highest BCUT2D eigenvalue weighted by Gasteiger charge is 2.05. The normalized spacial score (nSPS) is 11.3. The highest BCUT2D eigenvalue weighted by atomic mass is 16.5. The Balaban J connectivity index is 2.14. The molecule has 0 spiro atoms. The van der Waals surface area contributed by atoms with Crippen molar-refractivity contribution in [1.82, 2.24) is 10.3 Å². The van der Waals surface area contributed by atoms with Crippen molar-refractivity contribution < 1.29 is 4.74 Å². The van der Waals surface area contributed by atoms with Crippen LogP contribution in [-0.2, 0) is 6.54 Å². The minimum Gasteiger partial charge on any atom is -0.495 e. The molecule has 0 aliphatic rings. The van der Waals surface area contributed by atoms with Crippen LogP contribution in [0.15, 0.2) is 24.3 Å². The Hall–Kier alpha value is -1.48. The van der Waals surface area contributed by atoms with Gasteiger partial charge in [0.25, 0.3) is 0 Å². The first-order chi connectivity index (χ1) is 8.20. The third kappa shape index (κ3) is 2.80. The van der Waals surface area contributed by atoms with E-state index in [1.165, 1.54) is 11.1 Å². The molecule has 0 aliphatic carbocycles. The van der Waals surface area contributed by atoms with Gasteiger partial charge in [0, 0.05) is 17.6 Å². The average molecular weight is 232 g/mol. The largest absolute Gasteiger partial charge is 0.495 e. The second-order valence-electron chi connectivity index (χ2n) is 4.74. The molecule has 3 nitrogen and oxygen atoms in total. The van der Waals surface area contributed by atoms with Crippen molar-refractivity contribution >= 4 is 10.9 Å². The van der Waals surface area contributed by atoms with Crippen molar-refractivity contribution in [2.45, 2.75) is 20.4 Å². The summed E-state index contributed by atoms with van der Waals surface area (Å²) in [6.45, 7) is 6.32. The van der Waals surface area contributed by atoms with Crippen molar-refractivity contribution in [2.75, 3.05) is 13.7 Å². The molecular weight excluding hydrogens is 212 g/mol. The molecule has 2 N–H and O–H groups in total. The van der Waals surface area contributed by atoms with E-state index in [1.807, 2.05) is 12.1 Å². The lowest BCUT2D eigenvalue weighted by atomic mass is 10.2. The minimum atomic E-state index is 0.675. The lowest BCUT2D eigenvalue weighted by Gasteiger charge is -2.05. The van der Waals surface area contributed by atoms with Crippen molar-refractivity contribution in [3.8, 4) is 5.75 Å². The maximum atomic E-state index is 5.33. The number of rotatable bonds is 5. The van der Waals surface area contributed by atoms with E-state index in [4.69, 9.17) is 4.74 Å². The molecule has 2 rings (SSSR count). The van der Waals surface area contributed by atoms with E-state index in [-0.39, 0.29) is 0 Å². The molecule has 92 valence electrons. The van der Waals surface area contributed by atoms with Gasteiger partial charge in [-0.2, -0.15) is 0 Å². The van der Waals surface area contributed by atoms with E-state index in [9.17, 15) is 0 Å². The number of hydrogen-bond acceptors (Lipinski definition) is 2. The highest BCUT2D eigenvalue weighted by molar-refractivity contribution is 5.86. The summed E-state index contributed by atoms with van der Waals surface area (Å²) in [6.07, 6.45) is 0. The van der Waals surface area contributed by atoms with E-state index >= 15 is 0 Å². The summed E-state index contributed by atoms with van der Waals surface area (Å²) in [7, 11) is 1.70. The molecule has 0 amide bonds. The van der Waals surface area contributed by atoms with E-state index in [0.29, 0.717) is 5.92 Å². The van der Waals surface area contributed by atoms with E-state index in [0.717, 1.165) is 24.4 Å². The molecule has 1 heterocycles. The first-order valence-corrected chi connectivity index (χ1v) is 6.06. The first kappa shape index (κ1) is 12.0. The third-order valence-electron chi connectivity index (χ3n) is 2.76. The number of para-hydroxylation sites is 1. The fourth-order valence-electron chi connectivity index (χ4n) is 1.95. The van der Waals surface area contributed by atoms with Crippen LogP contribution in [0.3, 0.4) is 0 Å². The molecule has 1 aromatic carbocycles. The molecule has 0 saturated carbocycles. The zero-order chi connectivity index (χ0) is 12.3. The van der Waals surface area contributed by atoms with Crippen molar-refractivity contribution in [2.24, 2.45) is 5.92 Å². The molecular formula is C14H20N2O. The number of aromatic nitrogens is 1. The van der Waals surface area contributed by atoms with Crippen LogP contribution in [-0.4, -0.2) is 18.6 Å². The molecule has 17 heavy (non-hydrogen) atoms. The maximum Gasteiger partial charge on any atom is 0.142 e. The van der Waals surface area contributed by atoms with Gasteiger partial charge in [-0.25, -0.2) is 0 Å². The van der Waals surface area contributed by atoms with Gasteiger partial charge < -0.3 is 15.0 Å². The monoisotopic (exact) mass is 232 g/mol. The number of methoxy groups -OCH3 is 1. The van der Waals surface area contributed by atoms with Gasteiger partial charge in [0.15, 0.2) is 0 Å². The van der Waals surface area contributed by atoms with Crippen LogP contribution < -0.4 is 10.1 Å². The van der Waals surface area contributed by atoms with E-state index in [2.05, 4.69) is 36.3 Å². The standard InChI is InChI=1S/C14H20N2O/c1-10(2)8-15-9-12-7-11-5-4-6-13(17-3)14(11)16-12/h4-7,10,15-16H,8-9H2,1-3H3. The van der Waals surface area contributed by atoms with Crippen molar-refractivity contribution in [3.63, 3.8) is 0 Å². The number of nitrogens with one attached hydrogen (secondary N) is 2. The van der Waals surface area contributed by atoms with E-state index in [1.54, 1.807) is 7.11 Å². The number of aromatic amines is 1.